The Hall–Kier alpha value is -2.01. The number of halogens is 2. The van der Waals surface area contributed by atoms with E-state index >= 15 is 0 Å². The maximum Gasteiger partial charge on any atom is 0.304 e. The largest absolute Gasteiger partial charge is 0.494 e. The van der Waals surface area contributed by atoms with Crippen LogP contribution in [0.1, 0.15) is 24.0 Å². The second-order valence-corrected chi connectivity index (χ2v) is 6.33. The first kappa shape index (κ1) is 23.0. The van der Waals surface area contributed by atoms with Gasteiger partial charge in [-0.05, 0) is 48.2 Å². The van der Waals surface area contributed by atoms with Crippen molar-refractivity contribution in [3.05, 3.63) is 70.8 Å². The molecule has 2 aromatic carbocycles. The fourth-order valence-electron chi connectivity index (χ4n) is 2.37. The summed E-state index contributed by atoms with van der Waals surface area (Å²) in [4.78, 5) is 10.4. The Morgan fingerprint density at radius 2 is 1.81 bits per heavy atom. The lowest BCUT2D eigenvalue weighted by molar-refractivity contribution is -0.136. The molecule has 0 bridgehead atoms. The molecule has 4 nitrogen and oxygen atoms in total. The van der Waals surface area contributed by atoms with Crippen molar-refractivity contribution in [2.24, 2.45) is 0 Å². The lowest BCUT2D eigenvalue weighted by Gasteiger charge is -2.07. The smallest absolute Gasteiger partial charge is 0.304 e. The summed E-state index contributed by atoms with van der Waals surface area (Å²) in [5, 5.41) is 12.4. The van der Waals surface area contributed by atoms with Crippen LogP contribution in [0.5, 0.6) is 5.75 Å². The predicted molar refractivity (Wildman–Crippen MR) is 113 cm³/mol. The van der Waals surface area contributed by atoms with Crippen LogP contribution >= 0.6 is 24.0 Å². The predicted octanol–water partition coefficient (Wildman–Crippen LogP) is 4.85. The summed E-state index contributed by atoms with van der Waals surface area (Å²) in [7, 11) is 0. The van der Waals surface area contributed by atoms with Gasteiger partial charge in [0.1, 0.15) is 5.75 Å². The van der Waals surface area contributed by atoms with Gasteiger partial charge in [-0.3, -0.25) is 4.79 Å². The van der Waals surface area contributed by atoms with Crippen molar-refractivity contribution < 1.29 is 14.6 Å². The molecular formula is C21H25Cl2NO3. The van der Waals surface area contributed by atoms with Gasteiger partial charge in [0, 0.05) is 18.1 Å². The first-order valence-corrected chi connectivity index (χ1v) is 9.07. The molecule has 0 atom stereocenters. The molecule has 0 heterocycles. The molecule has 2 N–H and O–H groups in total. The average molecular weight is 410 g/mol. The van der Waals surface area contributed by atoms with E-state index in [9.17, 15) is 4.79 Å². The molecular weight excluding hydrogens is 385 g/mol. The standard InChI is InChI=1S/C21H24ClNO3.ClH/c22-19-9-5-18(6-10-19)4-2-16-26-20-11-7-17(8-12-20)3-1-14-23-15-13-21(24)25;/h1,3,5-12,23H,2,4,13-16H2,(H,24,25);1H. The maximum absolute atomic E-state index is 10.4. The van der Waals surface area contributed by atoms with Crippen LogP contribution in [0.3, 0.4) is 0 Å². The summed E-state index contributed by atoms with van der Waals surface area (Å²) in [6.45, 7) is 1.80. The second kappa shape index (κ2) is 13.2. The number of hydrogen-bond donors (Lipinski definition) is 2. The van der Waals surface area contributed by atoms with Crippen molar-refractivity contribution in [3.8, 4) is 5.75 Å². The van der Waals surface area contributed by atoms with E-state index in [2.05, 4.69) is 5.32 Å². The molecule has 6 heteroatoms. The molecule has 0 spiro atoms. The number of carbonyl (C=O) groups is 1. The van der Waals surface area contributed by atoms with E-state index in [4.69, 9.17) is 21.4 Å². The molecule has 0 saturated heterocycles. The molecule has 0 aromatic heterocycles. The number of carboxylic acid groups (broad SMARTS) is 1. The van der Waals surface area contributed by atoms with Crippen LogP contribution in [0.15, 0.2) is 54.6 Å². The molecule has 0 aliphatic rings. The monoisotopic (exact) mass is 409 g/mol. The minimum Gasteiger partial charge on any atom is -0.494 e. The zero-order valence-electron chi connectivity index (χ0n) is 15.1. The molecule has 2 rings (SSSR count). The molecule has 146 valence electrons. The lowest BCUT2D eigenvalue weighted by Crippen LogP contribution is -2.17. The normalized spacial score (nSPS) is 10.6. The molecule has 0 aliphatic carbocycles. The highest BCUT2D eigenvalue weighted by molar-refractivity contribution is 6.30. The number of benzene rings is 2. The number of rotatable bonds is 11. The summed E-state index contributed by atoms with van der Waals surface area (Å²) < 4.78 is 5.77. The van der Waals surface area contributed by atoms with Crippen molar-refractivity contribution in [3.63, 3.8) is 0 Å². The Morgan fingerprint density at radius 3 is 2.48 bits per heavy atom. The molecule has 0 aliphatic heterocycles. The third kappa shape index (κ3) is 10.0. The highest BCUT2D eigenvalue weighted by Gasteiger charge is 1.97. The third-order valence-corrected chi connectivity index (χ3v) is 4.01. The van der Waals surface area contributed by atoms with Gasteiger partial charge in [-0.1, -0.05) is 48.0 Å². The average Bonchev–Trinajstić information content (AvgIpc) is 2.64. The van der Waals surface area contributed by atoms with Crippen LogP contribution < -0.4 is 10.1 Å². The summed E-state index contributed by atoms with van der Waals surface area (Å²) >= 11 is 5.88. The van der Waals surface area contributed by atoms with Crippen LogP contribution in [-0.4, -0.2) is 30.8 Å². The SMILES string of the molecule is Cl.O=C(O)CCNCC=Cc1ccc(OCCCc2ccc(Cl)cc2)cc1. The lowest BCUT2D eigenvalue weighted by atomic mass is 10.1. The Balaban J connectivity index is 0.00000364. The van der Waals surface area contributed by atoms with E-state index < -0.39 is 5.97 Å². The first-order chi connectivity index (χ1) is 12.6. The van der Waals surface area contributed by atoms with Crippen LogP contribution in [0.4, 0.5) is 0 Å². The highest BCUT2D eigenvalue weighted by atomic mass is 35.5. The zero-order valence-corrected chi connectivity index (χ0v) is 16.6. The van der Waals surface area contributed by atoms with Gasteiger partial charge in [-0.2, -0.15) is 0 Å². The fourth-order valence-corrected chi connectivity index (χ4v) is 2.49. The Labute approximate surface area is 171 Å². The van der Waals surface area contributed by atoms with Gasteiger partial charge in [0.25, 0.3) is 0 Å². The fraction of sp³-hybridized carbons (Fsp3) is 0.286. The van der Waals surface area contributed by atoms with Crippen LogP contribution in [-0.2, 0) is 11.2 Å². The summed E-state index contributed by atoms with van der Waals surface area (Å²) in [5.74, 6) is 0.0723. The van der Waals surface area contributed by atoms with Gasteiger partial charge in [0.05, 0.1) is 13.0 Å². The molecule has 27 heavy (non-hydrogen) atoms. The van der Waals surface area contributed by atoms with Crippen LogP contribution in [0.2, 0.25) is 5.02 Å². The molecule has 0 radical (unpaired) electrons. The van der Waals surface area contributed by atoms with Crippen molar-refractivity contribution in [2.45, 2.75) is 19.3 Å². The Kier molecular flexibility index (Phi) is 11.3. The third-order valence-electron chi connectivity index (χ3n) is 3.76. The van der Waals surface area contributed by atoms with E-state index in [1.54, 1.807) is 0 Å². The number of aryl methyl sites for hydroxylation is 1. The Bertz CT molecular complexity index is 700. The number of aliphatic carboxylic acids is 1. The van der Waals surface area contributed by atoms with Gasteiger partial charge in [0.15, 0.2) is 0 Å². The van der Waals surface area contributed by atoms with Gasteiger partial charge in [0.2, 0.25) is 0 Å². The number of ether oxygens (including phenoxy) is 1. The van der Waals surface area contributed by atoms with E-state index in [0.29, 0.717) is 19.7 Å². The number of nitrogens with one attached hydrogen (secondary N) is 1. The molecule has 0 fully saturated rings. The van der Waals surface area contributed by atoms with E-state index in [1.165, 1.54) is 5.56 Å². The minimum atomic E-state index is -0.787. The van der Waals surface area contributed by atoms with E-state index in [-0.39, 0.29) is 18.8 Å². The molecule has 0 unspecified atom stereocenters. The quantitative estimate of drug-likeness (QED) is 0.520. The van der Waals surface area contributed by atoms with Crippen molar-refractivity contribution in [2.75, 3.05) is 19.7 Å². The van der Waals surface area contributed by atoms with Crippen molar-refractivity contribution in [1.29, 1.82) is 0 Å². The van der Waals surface area contributed by atoms with Crippen LogP contribution in [0.25, 0.3) is 6.08 Å². The number of hydrogen-bond acceptors (Lipinski definition) is 3. The topological polar surface area (TPSA) is 58.6 Å². The first-order valence-electron chi connectivity index (χ1n) is 8.70. The van der Waals surface area contributed by atoms with Crippen LogP contribution in [0, 0.1) is 0 Å². The zero-order chi connectivity index (χ0) is 18.6. The van der Waals surface area contributed by atoms with Gasteiger partial charge >= 0.3 is 5.97 Å². The maximum atomic E-state index is 10.4. The molecule has 2 aromatic rings. The highest BCUT2D eigenvalue weighted by Crippen LogP contribution is 2.14. The summed E-state index contributed by atoms with van der Waals surface area (Å²) in [6, 6.07) is 15.8. The summed E-state index contributed by atoms with van der Waals surface area (Å²) in [5.41, 5.74) is 2.34. The van der Waals surface area contributed by atoms with Crippen molar-refractivity contribution in [1.82, 2.24) is 5.32 Å². The second-order valence-electron chi connectivity index (χ2n) is 5.90. The van der Waals surface area contributed by atoms with Crippen molar-refractivity contribution >= 4 is 36.1 Å². The molecule has 0 saturated carbocycles. The van der Waals surface area contributed by atoms with E-state index in [1.807, 2.05) is 60.7 Å². The minimum absolute atomic E-state index is 0. The molecule has 0 amide bonds. The summed E-state index contributed by atoms with van der Waals surface area (Å²) in [6.07, 6.45) is 6.03. The van der Waals surface area contributed by atoms with Gasteiger partial charge in [-0.15, -0.1) is 12.4 Å². The van der Waals surface area contributed by atoms with Gasteiger partial charge in [-0.25, -0.2) is 0 Å². The van der Waals surface area contributed by atoms with Gasteiger partial charge < -0.3 is 15.2 Å². The number of carboxylic acids is 1. The van der Waals surface area contributed by atoms with E-state index in [0.717, 1.165) is 29.2 Å². The Morgan fingerprint density at radius 1 is 1.11 bits per heavy atom.